The highest BCUT2D eigenvalue weighted by Gasteiger charge is 2.29. The summed E-state index contributed by atoms with van der Waals surface area (Å²) in [7, 11) is 1.75. The summed E-state index contributed by atoms with van der Waals surface area (Å²) in [5, 5.41) is 7.51. The third-order valence-electron chi connectivity index (χ3n) is 3.65. The number of benzene rings is 1. The van der Waals surface area contributed by atoms with Crippen molar-refractivity contribution in [1.29, 1.82) is 0 Å². The first kappa shape index (κ1) is 17.7. The van der Waals surface area contributed by atoms with Crippen LogP contribution in [-0.2, 0) is 7.05 Å². The Morgan fingerprint density at radius 3 is 2.77 bits per heavy atom. The number of carbonyl (C=O) groups excluding carboxylic acids is 1. The van der Waals surface area contributed by atoms with Crippen molar-refractivity contribution in [2.24, 2.45) is 7.05 Å². The lowest BCUT2D eigenvalue weighted by molar-refractivity contribution is -0.153. The number of hydrogen-bond acceptors (Lipinski definition) is 4. The first-order chi connectivity index (χ1) is 12.2. The molecule has 1 amide bonds. The molecule has 0 bridgehead atoms. The fourth-order valence-corrected chi connectivity index (χ4v) is 2.48. The summed E-state index contributed by atoms with van der Waals surface area (Å²) >= 11 is 0. The van der Waals surface area contributed by atoms with E-state index in [4.69, 9.17) is 4.74 Å². The molecule has 1 aromatic carbocycles. The van der Waals surface area contributed by atoms with Crippen LogP contribution in [0.15, 0.2) is 36.5 Å². The second kappa shape index (κ2) is 6.66. The van der Waals surface area contributed by atoms with Gasteiger partial charge in [0, 0.05) is 18.6 Å². The maximum absolute atomic E-state index is 12.5. The lowest BCUT2D eigenvalue weighted by Crippen LogP contribution is -2.20. The first-order valence-corrected chi connectivity index (χ1v) is 7.64. The van der Waals surface area contributed by atoms with Gasteiger partial charge in [-0.15, -0.1) is 0 Å². The summed E-state index contributed by atoms with van der Waals surface area (Å²) in [4.78, 5) is 16.7. The lowest BCUT2D eigenvalue weighted by Gasteiger charge is -2.13. The van der Waals surface area contributed by atoms with Crippen molar-refractivity contribution >= 4 is 22.6 Å². The topological polar surface area (TPSA) is 69.0 Å². The van der Waals surface area contributed by atoms with Crippen molar-refractivity contribution in [1.82, 2.24) is 14.8 Å². The molecule has 6 nitrogen and oxygen atoms in total. The van der Waals surface area contributed by atoms with Crippen molar-refractivity contribution in [3.05, 3.63) is 47.8 Å². The van der Waals surface area contributed by atoms with Gasteiger partial charge < -0.3 is 10.1 Å². The molecular weight excluding hydrogens is 349 g/mol. The monoisotopic (exact) mass is 364 g/mol. The number of amides is 1. The molecule has 0 saturated heterocycles. The number of para-hydroxylation sites is 2. The highest BCUT2D eigenvalue weighted by Crippen LogP contribution is 2.27. The average Bonchev–Trinajstić information content (AvgIpc) is 2.87. The molecular formula is C17H15F3N4O2. The molecule has 2 aromatic heterocycles. The Bertz CT molecular complexity index is 966. The van der Waals surface area contributed by atoms with Crippen LogP contribution in [0.5, 0.6) is 5.75 Å². The number of pyridine rings is 1. The van der Waals surface area contributed by atoms with Crippen LogP contribution in [0.1, 0.15) is 16.1 Å². The molecule has 0 aliphatic rings. The van der Waals surface area contributed by atoms with Gasteiger partial charge in [-0.25, -0.2) is 4.98 Å². The number of alkyl halides is 3. The third-order valence-corrected chi connectivity index (χ3v) is 3.65. The van der Waals surface area contributed by atoms with Crippen molar-refractivity contribution < 1.29 is 22.7 Å². The van der Waals surface area contributed by atoms with Crippen LogP contribution in [0.3, 0.4) is 0 Å². The van der Waals surface area contributed by atoms with E-state index >= 15 is 0 Å². The Labute approximate surface area is 146 Å². The predicted molar refractivity (Wildman–Crippen MR) is 89.2 cm³/mol. The Kier molecular flexibility index (Phi) is 4.54. The molecule has 2 heterocycles. The van der Waals surface area contributed by atoms with E-state index in [0.717, 1.165) is 11.1 Å². The maximum atomic E-state index is 12.5. The van der Waals surface area contributed by atoms with E-state index < -0.39 is 18.7 Å². The quantitative estimate of drug-likeness (QED) is 0.770. The standard InChI is InChI=1S/C17H15F3N4O2/c1-10-12-7-11(8-21-15(12)24(2)23-10)16(25)22-13-5-3-4-6-14(13)26-9-17(18,19)20/h3-8H,9H2,1-2H3,(H,22,25). The number of nitrogens with zero attached hydrogens (tertiary/aromatic N) is 3. The molecule has 0 fully saturated rings. The largest absolute Gasteiger partial charge is 0.482 e. The summed E-state index contributed by atoms with van der Waals surface area (Å²) in [6.45, 7) is 0.355. The molecule has 1 N–H and O–H groups in total. The molecule has 0 radical (unpaired) electrons. The second-order valence-electron chi connectivity index (χ2n) is 5.66. The molecule has 0 aliphatic heterocycles. The van der Waals surface area contributed by atoms with Crippen LogP contribution in [0.25, 0.3) is 11.0 Å². The highest BCUT2D eigenvalue weighted by atomic mass is 19.4. The molecule has 0 unspecified atom stereocenters. The summed E-state index contributed by atoms with van der Waals surface area (Å²) in [5.74, 6) is -0.574. The van der Waals surface area contributed by atoms with Gasteiger partial charge in [-0.1, -0.05) is 12.1 Å². The Morgan fingerprint density at radius 2 is 2.04 bits per heavy atom. The number of rotatable bonds is 4. The van der Waals surface area contributed by atoms with Crippen molar-refractivity contribution in [3.63, 3.8) is 0 Å². The van der Waals surface area contributed by atoms with Gasteiger partial charge in [0.1, 0.15) is 5.75 Å². The van der Waals surface area contributed by atoms with E-state index in [0.29, 0.717) is 5.65 Å². The van der Waals surface area contributed by atoms with E-state index in [1.807, 2.05) is 0 Å². The second-order valence-corrected chi connectivity index (χ2v) is 5.66. The van der Waals surface area contributed by atoms with E-state index in [1.165, 1.54) is 24.4 Å². The van der Waals surface area contributed by atoms with Crippen LogP contribution in [0.2, 0.25) is 0 Å². The van der Waals surface area contributed by atoms with Crippen molar-refractivity contribution in [2.45, 2.75) is 13.1 Å². The first-order valence-electron chi connectivity index (χ1n) is 7.64. The van der Waals surface area contributed by atoms with Crippen LogP contribution in [0, 0.1) is 6.92 Å². The Hall–Kier alpha value is -3.10. The highest BCUT2D eigenvalue weighted by molar-refractivity contribution is 6.06. The average molecular weight is 364 g/mol. The molecule has 0 atom stereocenters. The fraction of sp³-hybridized carbons (Fsp3) is 0.235. The van der Waals surface area contributed by atoms with Gasteiger partial charge in [-0.3, -0.25) is 9.48 Å². The molecule has 0 aliphatic carbocycles. The Morgan fingerprint density at radius 1 is 1.31 bits per heavy atom. The minimum Gasteiger partial charge on any atom is -0.482 e. The smallest absolute Gasteiger partial charge is 0.422 e. The zero-order chi connectivity index (χ0) is 18.9. The molecule has 26 heavy (non-hydrogen) atoms. The minimum absolute atomic E-state index is 0.0650. The SMILES string of the molecule is Cc1nn(C)c2ncc(C(=O)Nc3ccccc3OCC(F)(F)F)cc12. The van der Waals surface area contributed by atoms with Gasteiger partial charge in [0.15, 0.2) is 12.3 Å². The normalized spacial score (nSPS) is 11.6. The molecule has 3 rings (SSSR count). The molecule has 3 aromatic rings. The van der Waals surface area contributed by atoms with Crippen molar-refractivity contribution in [3.8, 4) is 5.75 Å². The zero-order valence-electron chi connectivity index (χ0n) is 14.0. The van der Waals surface area contributed by atoms with Crippen LogP contribution in [-0.4, -0.2) is 33.5 Å². The summed E-state index contributed by atoms with van der Waals surface area (Å²) in [5.41, 5.74) is 1.76. The molecule has 136 valence electrons. The van der Waals surface area contributed by atoms with Gasteiger partial charge >= 0.3 is 6.18 Å². The van der Waals surface area contributed by atoms with Crippen LogP contribution in [0.4, 0.5) is 18.9 Å². The molecule has 0 saturated carbocycles. The summed E-state index contributed by atoms with van der Waals surface area (Å²) in [6, 6.07) is 7.56. The lowest BCUT2D eigenvalue weighted by atomic mass is 10.2. The number of aromatic nitrogens is 3. The number of aryl methyl sites for hydroxylation is 2. The summed E-state index contributed by atoms with van der Waals surface area (Å²) < 4.78 is 43.4. The van der Waals surface area contributed by atoms with Gasteiger partial charge in [0.2, 0.25) is 0 Å². The number of nitrogens with one attached hydrogen (secondary N) is 1. The minimum atomic E-state index is -4.47. The summed E-state index contributed by atoms with van der Waals surface area (Å²) in [6.07, 6.45) is -3.08. The predicted octanol–water partition coefficient (Wildman–Crippen LogP) is 3.47. The van der Waals surface area contributed by atoms with Crippen LogP contribution >= 0.6 is 0 Å². The fourth-order valence-electron chi connectivity index (χ4n) is 2.48. The number of carbonyl (C=O) groups is 1. The van der Waals surface area contributed by atoms with Gasteiger partial charge in [-0.05, 0) is 25.1 Å². The van der Waals surface area contributed by atoms with E-state index in [-0.39, 0.29) is 17.0 Å². The van der Waals surface area contributed by atoms with E-state index in [1.54, 1.807) is 30.8 Å². The molecule has 9 heteroatoms. The zero-order valence-corrected chi connectivity index (χ0v) is 14.0. The van der Waals surface area contributed by atoms with Gasteiger partial charge in [-0.2, -0.15) is 18.3 Å². The molecule has 0 spiro atoms. The van der Waals surface area contributed by atoms with Crippen molar-refractivity contribution in [2.75, 3.05) is 11.9 Å². The number of halogens is 3. The van der Waals surface area contributed by atoms with E-state index in [2.05, 4.69) is 15.4 Å². The van der Waals surface area contributed by atoms with Gasteiger partial charge in [0.05, 0.1) is 16.9 Å². The van der Waals surface area contributed by atoms with Crippen LogP contribution < -0.4 is 10.1 Å². The number of anilines is 1. The third kappa shape index (κ3) is 3.76. The Balaban J connectivity index is 1.83. The number of hydrogen-bond donors (Lipinski definition) is 1. The number of ether oxygens (including phenoxy) is 1. The van der Waals surface area contributed by atoms with E-state index in [9.17, 15) is 18.0 Å². The van der Waals surface area contributed by atoms with Gasteiger partial charge in [0.25, 0.3) is 5.91 Å². The maximum Gasteiger partial charge on any atom is 0.422 e. The number of fused-ring (bicyclic) bond motifs is 1.